The molecule has 1 aliphatic carbocycles. The molecule has 0 saturated heterocycles. The molecule has 1 amide bonds. The molecule has 0 heterocycles. The second-order valence-corrected chi connectivity index (χ2v) is 5.82. The lowest BCUT2D eigenvalue weighted by Crippen LogP contribution is -2.35. The standard InChI is InChI=1S/C19H21NO2/c1-22-17-10-6-5-9-16(17)19(13-14-19)20-18(21)12-11-15-7-3-2-4-8-15/h2-10H,11-14H2,1H3,(H,20,21). The van der Waals surface area contributed by atoms with Gasteiger partial charge in [-0.2, -0.15) is 0 Å². The predicted octanol–water partition coefficient (Wildman–Crippen LogP) is 3.43. The number of benzene rings is 2. The molecule has 22 heavy (non-hydrogen) atoms. The lowest BCUT2D eigenvalue weighted by molar-refractivity contribution is -0.122. The highest BCUT2D eigenvalue weighted by atomic mass is 16.5. The van der Waals surface area contributed by atoms with Gasteiger partial charge in [0.15, 0.2) is 0 Å². The molecule has 3 rings (SSSR count). The molecular formula is C19H21NO2. The van der Waals surface area contributed by atoms with E-state index in [-0.39, 0.29) is 11.4 Å². The molecule has 0 aromatic heterocycles. The number of nitrogens with one attached hydrogen (secondary N) is 1. The Morgan fingerprint density at radius 2 is 1.77 bits per heavy atom. The van der Waals surface area contributed by atoms with E-state index in [1.165, 1.54) is 5.56 Å². The van der Waals surface area contributed by atoms with E-state index >= 15 is 0 Å². The van der Waals surface area contributed by atoms with E-state index in [9.17, 15) is 4.79 Å². The van der Waals surface area contributed by atoms with Gasteiger partial charge in [-0.3, -0.25) is 4.79 Å². The minimum absolute atomic E-state index is 0.104. The summed E-state index contributed by atoms with van der Waals surface area (Å²) in [6.45, 7) is 0. The Hall–Kier alpha value is -2.29. The number of methoxy groups -OCH3 is 1. The molecule has 1 saturated carbocycles. The van der Waals surface area contributed by atoms with Crippen LogP contribution >= 0.6 is 0 Å². The average molecular weight is 295 g/mol. The van der Waals surface area contributed by atoms with E-state index in [0.717, 1.165) is 30.6 Å². The van der Waals surface area contributed by atoms with Gasteiger partial charge in [-0.15, -0.1) is 0 Å². The summed E-state index contributed by atoms with van der Waals surface area (Å²) in [6.07, 6.45) is 3.24. The smallest absolute Gasteiger partial charge is 0.221 e. The molecule has 2 aromatic rings. The summed E-state index contributed by atoms with van der Waals surface area (Å²) in [5, 5.41) is 3.21. The summed E-state index contributed by atoms with van der Waals surface area (Å²) >= 11 is 0. The fourth-order valence-corrected chi connectivity index (χ4v) is 2.86. The number of carbonyl (C=O) groups excluding carboxylic acids is 1. The third-order valence-electron chi connectivity index (χ3n) is 4.23. The topological polar surface area (TPSA) is 38.3 Å². The first kappa shape index (κ1) is 14.6. The van der Waals surface area contributed by atoms with Crippen LogP contribution in [0.4, 0.5) is 0 Å². The van der Waals surface area contributed by atoms with Crippen LogP contribution in [0.25, 0.3) is 0 Å². The van der Waals surface area contributed by atoms with Crippen LogP contribution in [0.15, 0.2) is 54.6 Å². The normalized spacial score (nSPS) is 15.1. The van der Waals surface area contributed by atoms with Crippen molar-refractivity contribution >= 4 is 5.91 Å². The van der Waals surface area contributed by atoms with Crippen molar-refractivity contribution in [1.29, 1.82) is 0 Å². The van der Waals surface area contributed by atoms with E-state index in [0.29, 0.717) is 6.42 Å². The van der Waals surface area contributed by atoms with Crippen LogP contribution in [-0.4, -0.2) is 13.0 Å². The van der Waals surface area contributed by atoms with Gasteiger partial charge in [0.2, 0.25) is 5.91 Å². The number of amides is 1. The predicted molar refractivity (Wildman–Crippen MR) is 86.8 cm³/mol. The number of rotatable bonds is 6. The number of ether oxygens (including phenoxy) is 1. The maximum absolute atomic E-state index is 12.3. The van der Waals surface area contributed by atoms with Crippen LogP contribution in [0.2, 0.25) is 0 Å². The highest BCUT2D eigenvalue weighted by Gasteiger charge is 2.47. The molecule has 0 unspecified atom stereocenters. The van der Waals surface area contributed by atoms with Crippen LogP contribution in [-0.2, 0) is 16.8 Å². The molecular weight excluding hydrogens is 274 g/mol. The molecule has 1 fully saturated rings. The fraction of sp³-hybridized carbons (Fsp3) is 0.316. The molecule has 2 aromatic carbocycles. The summed E-state index contributed by atoms with van der Waals surface area (Å²) in [5.74, 6) is 0.954. The third-order valence-corrected chi connectivity index (χ3v) is 4.23. The van der Waals surface area contributed by atoms with Gasteiger partial charge in [0.25, 0.3) is 0 Å². The van der Waals surface area contributed by atoms with E-state index < -0.39 is 0 Å². The second-order valence-electron chi connectivity index (χ2n) is 5.82. The number of hydrogen-bond acceptors (Lipinski definition) is 2. The first-order valence-electron chi connectivity index (χ1n) is 7.72. The summed E-state index contributed by atoms with van der Waals surface area (Å²) in [4.78, 5) is 12.3. The quantitative estimate of drug-likeness (QED) is 0.886. The molecule has 0 atom stereocenters. The van der Waals surface area contributed by atoms with Gasteiger partial charge in [-0.1, -0.05) is 48.5 Å². The Bertz CT molecular complexity index is 647. The minimum atomic E-state index is -0.222. The van der Waals surface area contributed by atoms with Crippen molar-refractivity contribution in [3.8, 4) is 5.75 Å². The zero-order valence-electron chi connectivity index (χ0n) is 12.8. The van der Waals surface area contributed by atoms with Crippen LogP contribution < -0.4 is 10.1 Å². The van der Waals surface area contributed by atoms with Crippen LogP contribution in [0.5, 0.6) is 5.75 Å². The Labute approximate surface area is 131 Å². The molecule has 1 aliphatic rings. The lowest BCUT2D eigenvalue weighted by atomic mass is 10.0. The number of hydrogen-bond donors (Lipinski definition) is 1. The van der Waals surface area contributed by atoms with Crippen molar-refractivity contribution in [2.75, 3.05) is 7.11 Å². The zero-order chi connectivity index (χ0) is 15.4. The van der Waals surface area contributed by atoms with Crippen molar-refractivity contribution in [1.82, 2.24) is 5.32 Å². The maximum atomic E-state index is 12.3. The van der Waals surface area contributed by atoms with Gasteiger partial charge in [-0.05, 0) is 30.9 Å². The van der Waals surface area contributed by atoms with Gasteiger partial charge >= 0.3 is 0 Å². The first-order valence-corrected chi connectivity index (χ1v) is 7.72. The summed E-state index contributed by atoms with van der Waals surface area (Å²) in [6, 6.07) is 18.1. The highest BCUT2D eigenvalue weighted by Crippen LogP contribution is 2.48. The van der Waals surface area contributed by atoms with Gasteiger partial charge < -0.3 is 10.1 Å². The Morgan fingerprint density at radius 3 is 2.45 bits per heavy atom. The molecule has 0 radical (unpaired) electrons. The molecule has 3 heteroatoms. The first-order chi connectivity index (χ1) is 10.7. The fourth-order valence-electron chi connectivity index (χ4n) is 2.86. The number of carbonyl (C=O) groups is 1. The van der Waals surface area contributed by atoms with Crippen LogP contribution in [0, 0.1) is 0 Å². The van der Waals surface area contributed by atoms with Crippen molar-refractivity contribution in [3.63, 3.8) is 0 Å². The molecule has 0 aliphatic heterocycles. The largest absolute Gasteiger partial charge is 0.496 e. The highest BCUT2D eigenvalue weighted by molar-refractivity contribution is 5.78. The monoisotopic (exact) mass is 295 g/mol. The Kier molecular flexibility index (Phi) is 4.14. The van der Waals surface area contributed by atoms with Crippen LogP contribution in [0.3, 0.4) is 0 Å². The SMILES string of the molecule is COc1ccccc1C1(NC(=O)CCc2ccccc2)CC1. The van der Waals surface area contributed by atoms with Gasteiger partial charge in [-0.25, -0.2) is 0 Å². The zero-order valence-corrected chi connectivity index (χ0v) is 12.8. The Balaban J connectivity index is 1.63. The number of para-hydroxylation sites is 1. The van der Waals surface area contributed by atoms with Crippen molar-refractivity contribution in [2.45, 2.75) is 31.2 Å². The van der Waals surface area contributed by atoms with Gasteiger partial charge in [0, 0.05) is 12.0 Å². The van der Waals surface area contributed by atoms with E-state index in [1.807, 2.05) is 42.5 Å². The minimum Gasteiger partial charge on any atom is -0.496 e. The summed E-state index contributed by atoms with van der Waals surface area (Å²) in [5.41, 5.74) is 2.06. The van der Waals surface area contributed by atoms with E-state index in [1.54, 1.807) is 7.11 Å². The van der Waals surface area contributed by atoms with E-state index in [2.05, 4.69) is 17.4 Å². The molecule has 1 N–H and O–H groups in total. The molecule has 114 valence electrons. The molecule has 3 nitrogen and oxygen atoms in total. The van der Waals surface area contributed by atoms with Gasteiger partial charge in [0.05, 0.1) is 12.6 Å². The summed E-state index contributed by atoms with van der Waals surface area (Å²) < 4.78 is 5.43. The molecule has 0 spiro atoms. The average Bonchev–Trinajstić information content (AvgIpc) is 3.34. The molecule has 0 bridgehead atoms. The number of aryl methyl sites for hydroxylation is 1. The maximum Gasteiger partial charge on any atom is 0.221 e. The van der Waals surface area contributed by atoms with Crippen molar-refractivity contribution in [2.24, 2.45) is 0 Å². The Morgan fingerprint density at radius 1 is 1.09 bits per heavy atom. The van der Waals surface area contributed by atoms with Crippen LogP contribution in [0.1, 0.15) is 30.4 Å². The lowest BCUT2D eigenvalue weighted by Gasteiger charge is -2.20. The summed E-state index contributed by atoms with van der Waals surface area (Å²) in [7, 11) is 1.67. The van der Waals surface area contributed by atoms with E-state index in [4.69, 9.17) is 4.74 Å². The van der Waals surface area contributed by atoms with Crippen molar-refractivity contribution in [3.05, 3.63) is 65.7 Å². The van der Waals surface area contributed by atoms with Gasteiger partial charge in [0.1, 0.15) is 5.75 Å². The second kappa shape index (κ2) is 6.22. The third kappa shape index (κ3) is 3.14. The van der Waals surface area contributed by atoms with Crippen molar-refractivity contribution < 1.29 is 9.53 Å².